The zero-order valence-electron chi connectivity index (χ0n) is 11.1. The number of morpholine rings is 1. The Balaban J connectivity index is 2.37. The average Bonchev–Trinajstić information content (AvgIpc) is 2.37. The molecular formula is C12H14ClN3O4. The lowest BCUT2D eigenvalue weighted by molar-refractivity contribution is -0.385. The molecule has 2 heterocycles. The van der Waals surface area contributed by atoms with Gasteiger partial charge in [0.25, 0.3) is 11.6 Å². The van der Waals surface area contributed by atoms with E-state index in [0.717, 1.165) is 12.3 Å². The van der Waals surface area contributed by atoms with E-state index in [2.05, 4.69) is 4.98 Å². The van der Waals surface area contributed by atoms with Crippen LogP contribution < -0.4 is 0 Å². The van der Waals surface area contributed by atoms with Crippen LogP contribution >= 0.6 is 11.6 Å². The van der Waals surface area contributed by atoms with Crippen molar-refractivity contribution in [3.8, 4) is 0 Å². The van der Waals surface area contributed by atoms with Crippen LogP contribution in [0.15, 0.2) is 12.3 Å². The maximum absolute atomic E-state index is 12.5. The fourth-order valence-electron chi connectivity index (χ4n) is 2.07. The van der Waals surface area contributed by atoms with Crippen molar-refractivity contribution in [1.82, 2.24) is 9.88 Å². The lowest BCUT2D eigenvalue weighted by Gasteiger charge is -2.42. The van der Waals surface area contributed by atoms with Crippen LogP contribution in [0, 0.1) is 10.1 Å². The van der Waals surface area contributed by atoms with E-state index in [0.29, 0.717) is 19.8 Å². The number of hydrogen-bond acceptors (Lipinski definition) is 5. The minimum Gasteiger partial charge on any atom is -0.377 e. The molecule has 1 aromatic heterocycles. The summed E-state index contributed by atoms with van der Waals surface area (Å²) in [6, 6.07) is 1.16. The Hall–Kier alpha value is -1.73. The van der Waals surface area contributed by atoms with E-state index >= 15 is 0 Å². The van der Waals surface area contributed by atoms with Gasteiger partial charge in [0.15, 0.2) is 0 Å². The van der Waals surface area contributed by atoms with Gasteiger partial charge in [-0.05, 0) is 13.8 Å². The van der Waals surface area contributed by atoms with Crippen LogP contribution in [0.2, 0.25) is 5.15 Å². The van der Waals surface area contributed by atoms with Gasteiger partial charge in [0.05, 0.1) is 29.2 Å². The first-order valence-corrected chi connectivity index (χ1v) is 6.40. The van der Waals surface area contributed by atoms with Gasteiger partial charge in [0.1, 0.15) is 11.3 Å². The monoisotopic (exact) mass is 299 g/mol. The van der Waals surface area contributed by atoms with Crippen LogP contribution in [0.4, 0.5) is 5.69 Å². The largest absolute Gasteiger partial charge is 0.377 e. The number of aromatic nitrogens is 1. The number of rotatable bonds is 2. The summed E-state index contributed by atoms with van der Waals surface area (Å²) in [5.74, 6) is -0.375. The fraction of sp³-hybridized carbons (Fsp3) is 0.500. The van der Waals surface area contributed by atoms with Gasteiger partial charge in [-0.1, -0.05) is 11.6 Å². The summed E-state index contributed by atoms with van der Waals surface area (Å²) >= 11 is 5.90. The molecule has 108 valence electrons. The number of pyridine rings is 1. The quantitative estimate of drug-likeness (QED) is 0.473. The second-order valence-corrected chi connectivity index (χ2v) is 5.47. The van der Waals surface area contributed by atoms with Crippen molar-refractivity contribution in [2.45, 2.75) is 19.4 Å². The van der Waals surface area contributed by atoms with E-state index < -0.39 is 10.5 Å². The Kier molecular flexibility index (Phi) is 3.92. The SMILES string of the molecule is CC1(C)COCCN1C(=O)c1cc([N+](=O)[O-])cnc1Cl. The molecule has 1 aliphatic rings. The summed E-state index contributed by atoms with van der Waals surface area (Å²) in [5.41, 5.74) is -0.719. The Morgan fingerprint density at radius 2 is 2.30 bits per heavy atom. The molecule has 8 heteroatoms. The van der Waals surface area contributed by atoms with Crippen molar-refractivity contribution in [1.29, 1.82) is 0 Å². The summed E-state index contributed by atoms with van der Waals surface area (Å²) in [5, 5.41) is 10.7. The Bertz CT molecular complexity index is 562. The molecule has 0 saturated carbocycles. The van der Waals surface area contributed by atoms with E-state index in [1.807, 2.05) is 13.8 Å². The lowest BCUT2D eigenvalue weighted by Crippen LogP contribution is -2.55. The van der Waals surface area contributed by atoms with Gasteiger partial charge in [-0.15, -0.1) is 0 Å². The van der Waals surface area contributed by atoms with Crippen LogP contribution in [0.5, 0.6) is 0 Å². The molecule has 20 heavy (non-hydrogen) atoms. The highest BCUT2D eigenvalue weighted by molar-refractivity contribution is 6.32. The third-order valence-electron chi connectivity index (χ3n) is 3.16. The van der Waals surface area contributed by atoms with Crippen molar-refractivity contribution >= 4 is 23.2 Å². The molecule has 7 nitrogen and oxygen atoms in total. The van der Waals surface area contributed by atoms with Crippen LogP contribution in [0.1, 0.15) is 24.2 Å². The highest BCUT2D eigenvalue weighted by Crippen LogP contribution is 2.26. The van der Waals surface area contributed by atoms with Gasteiger partial charge in [-0.25, -0.2) is 4.98 Å². The van der Waals surface area contributed by atoms with Crippen molar-refractivity contribution in [3.05, 3.63) is 33.1 Å². The predicted molar refractivity (Wildman–Crippen MR) is 71.8 cm³/mol. The number of nitrogens with zero attached hydrogens (tertiary/aromatic N) is 3. The van der Waals surface area contributed by atoms with E-state index in [9.17, 15) is 14.9 Å². The number of hydrogen-bond donors (Lipinski definition) is 0. The molecule has 0 atom stereocenters. The smallest absolute Gasteiger partial charge is 0.288 e. The van der Waals surface area contributed by atoms with Crippen LogP contribution in [0.3, 0.4) is 0 Å². The molecule has 1 saturated heterocycles. The Labute approximate surface area is 120 Å². The first-order valence-electron chi connectivity index (χ1n) is 6.02. The lowest BCUT2D eigenvalue weighted by atomic mass is 10.0. The average molecular weight is 300 g/mol. The third-order valence-corrected chi connectivity index (χ3v) is 3.46. The van der Waals surface area contributed by atoms with Gasteiger partial charge < -0.3 is 9.64 Å². The van der Waals surface area contributed by atoms with E-state index in [4.69, 9.17) is 16.3 Å². The maximum atomic E-state index is 12.5. The Morgan fingerprint density at radius 3 is 2.90 bits per heavy atom. The van der Waals surface area contributed by atoms with Crippen molar-refractivity contribution in [2.24, 2.45) is 0 Å². The maximum Gasteiger partial charge on any atom is 0.288 e. The molecule has 0 unspecified atom stereocenters. The molecular weight excluding hydrogens is 286 g/mol. The van der Waals surface area contributed by atoms with Crippen molar-refractivity contribution in [3.63, 3.8) is 0 Å². The summed E-state index contributed by atoms with van der Waals surface area (Å²) in [4.78, 5) is 28.0. The van der Waals surface area contributed by atoms with E-state index in [-0.39, 0.29) is 22.3 Å². The number of halogens is 1. The van der Waals surface area contributed by atoms with Crippen LogP contribution in [-0.4, -0.2) is 46.0 Å². The fourth-order valence-corrected chi connectivity index (χ4v) is 2.25. The molecule has 0 aliphatic carbocycles. The van der Waals surface area contributed by atoms with Gasteiger partial charge in [0, 0.05) is 12.6 Å². The molecule has 0 N–H and O–H groups in total. The van der Waals surface area contributed by atoms with Gasteiger partial charge >= 0.3 is 0 Å². The third kappa shape index (κ3) is 2.73. The minimum absolute atomic E-state index is 0.0378. The molecule has 0 aromatic carbocycles. The molecule has 1 aliphatic heterocycles. The molecule has 1 amide bonds. The number of carbonyl (C=O) groups is 1. The van der Waals surface area contributed by atoms with Crippen LogP contribution in [-0.2, 0) is 4.74 Å². The second kappa shape index (κ2) is 5.34. The first-order chi connectivity index (χ1) is 9.33. The predicted octanol–water partition coefficient (Wildman–Crippen LogP) is 1.89. The van der Waals surface area contributed by atoms with Crippen LogP contribution in [0.25, 0.3) is 0 Å². The van der Waals surface area contributed by atoms with Crippen molar-refractivity contribution < 1.29 is 14.5 Å². The molecule has 0 spiro atoms. The summed E-state index contributed by atoms with van der Waals surface area (Å²) in [6.07, 6.45) is 1.03. The standard InChI is InChI=1S/C12H14ClN3O4/c1-12(2)7-20-4-3-15(12)11(17)9-5-8(16(18)19)6-14-10(9)13/h5-6H,3-4,7H2,1-2H3. The van der Waals surface area contributed by atoms with Gasteiger partial charge in [0.2, 0.25) is 0 Å². The van der Waals surface area contributed by atoms with Gasteiger partial charge in [-0.3, -0.25) is 14.9 Å². The molecule has 2 rings (SSSR count). The highest BCUT2D eigenvalue weighted by Gasteiger charge is 2.36. The number of carbonyl (C=O) groups excluding carboxylic acids is 1. The van der Waals surface area contributed by atoms with E-state index in [1.165, 1.54) is 0 Å². The number of ether oxygens (including phenoxy) is 1. The van der Waals surface area contributed by atoms with E-state index in [1.54, 1.807) is 4.90 Å². The normalized spacial score (nSPS) is 17.9. The zero-order chi connectivity index (χ0) is 14.9. The zero-order valence-corrected chi connectivity index (χ0v) is 11.9. The summed E-state index contributed by atoms with van der Waals surface area (Å²) in [7, 11) is 0. The second-order valence-electron chi connectivity index (χ2n) is 5.11. The molecule has 1 aromatic rings. The number of nitro groups is 1. The molecule has 0 radical (unpaired) electrons. The molecule has 1 fully saturated rings. The summed E-state index contributed by atoms with van der Waals surface area (Å²) < 4.78 is 5.34. The number of amides is 1. The van der Waals surface area contributed by atoms with Crippen molar-refractivity contribution in [2.75, 3.05) is 19.8 Å². The summed E-state index contributed by atoms with van der Waals surface area (Å²) in [6.45, 7) is 4.96. The first kappa shape index (κ1) is 14.7. The Morgan fingerprint density at radius 1 is 1.60 bits per heavy atom. The van der Waals surface area contributed by atoms with Gasteiger partial charge in [-0.2, -0.15) is 0 Å². The topological polar surface area (TPSA) is 85.6 Å². The molecule has 0 bridgehead atoms. The minimum atomic E-state index is -0.607. The highest BCUT2D eigenvalue weighted by atomic mass is 35.5.